The molecular weight excluding hydrogens is 504 g/mol. The molecule has 2 saturated heterocycles. The van der Waals surface area contributed by atoms with Gasteiger partial charge in [0.15, 0.2) is 6.29 Å². The van der Waals surface area contributed by atoms with Gasteiger partial charge in [0.2, 0.25) is 6.29 Å². The highest BCUT2D eigenvalue weighted by atomic mass is 16.8. The number of ether oxygens (including phenoxy) is 5. The molecule has 1 aliphatic carbocycles. The molecule has 1 unspecified atom stereocenters. The Labute approximate surface area is 220 Å². The Balaban J connectivity index is 1.57. The molecule has 0 aromatic carbocycles. The maximum absolute atomic E-state index is 13.3. The summed E-state index contributed by atoms with van der Waals surface area (Å²) in [7, 11) is 0. The lowest BCUT2D eigenvalue weighted by Gasteiger charge is -2.42. The van der Waals surface area contributed by atoms with E-state index < -0.39 is 67.6 Å². The number of esters is 2. The van der Waals surface area contributed by atoms with E-state index in [0.717, 1.165) is 6.26 Å². The summed E-state index contributed by atoms with van der Waals surface area (Å²) >= 11 is 0. The van der Waals surface area contributed by atoms with Gasteiger partial charge in [-0.15, -0.1) is 0 Å². The number of allylic oxidation sites excluding steroid dienone is 1. The Hall–Kier alpha value is -2.06. The van der Waals surface area contributed by atoms with Gasteiger partial charge in [0.05, 0.1) is 31.5 Å². The van der Waals surface area contributed by atoms with Gasteiger partial charge in [0.1, 0.15) is 30.5 Å². The van der Waals surface area contributed by atoms with Crippen molar-refractivity contribution in [2.75, 3.05) is 19.8 Å². The number of hydrogen-bond donors (Lipinski definition) is 5. The van der Waals surface area contributed by atoms with Gasteiger partial charge >= 0.3 is 11.9 Å². The quantitative estimate of drug-likeness (QED) is 0.219. The summed E-state index contributed by atoms with van der Waals surface area (Å²) in [5, 5.41) is 49.7. The van der Waals surface area contributed by atoms with Crippen LogP contribution < -0.4 is 0 Å². The third-order valence-corrected chi connectivity index (χ3v) is 8.44. The molecule has 4 rings (SSSR count). The van der Waals surface area contributed by atoms with Gasteiger partial charge in [0.25, 0.3) is 0 Å². The van der Waals surface area contributed by atoms with E-state index >= 15 is 0 Å². The molecule has 4 aliphatic rings. The second-order valence-corrected chi connectivity index (χ2v) is 10.6. The molecule has 0 spiro atoms. The van der Waals surface area contributed by atoms with Crippen LogP contribution in [-0.2, 0) is 33.3 Å². The maximum atomic E-state index is 13.3. The van der Waals surface area contributed by atoms with E-state index in [1.807, 2.05) is 13.8 Å². The van der Waals surface area contributed by atoms with Crippen molar-refractivity contribution in [3.05, 3.63) is 23.5 Å². The Morgan fingerprint density at radius 3 is 2.55 bits per heavy atom. The van der Waals surface area contributed by atoms with E-state index in [-0.39, 0.29) is 48.9 Å². The summed E-state index contributed by atoms with van der Waals surface area (Å²) in [4.78, 5) is 26.3. The predicted octanol–water partition coefficient (Wildman–Crippen LogP) is -0.635. The van der Waals surface area contributed by atoms with E-state index in [4.69, 9.17) is 23.7 Å². The number of carbonyl (C=O) groups is 2. The number of carbonyl (C=O) groups excluding carboxylic acids is 2. The van der Waals surface area contributed by atoms with E-state index in [9.17, 15) is 35.1 Å². The van der Waals surface area contributed by atoms with Crippen LogP contribution in [0.1, 0.15) is 33.6 Å². The molecule has 0 aromatic heterocycles. The zero-order chi connectivity index (χ0) is 27.7. The van der Waals surface area contributed by atoms with Crippen LogP contribution in [0.4, 0.5) is 0 Å². The van der Waals surface area contributed by atoms with Crippen molar-refractivity contribution in [2.45, 2.75) is 76.7 Å². The Kier molecular flexibility index (Phi) is 9.13. The fraction of sp³-hybridized carbons (Fsp3) is 0.769. The predicted molar refractivity (Wildman–Crippen MR) is 128 cm³/mol. The van der Waals surface area contributed by atoms with Gasteiger partial charge < -0.3 is 49.2 Å². The number of aliphatic hydroxyl groups excluding tert-OH is 5. The first kappa shape index (κ1) is 28.9. The van der Waals surface area contributed by atoms with E-state index in [1.54, 1.807) is 13.0 Å². The van der Waals surface area contributed by atoms with Crippen LogP contribution in [0.2, 0.25) is 0 Å². The largest absolute Gasteiger partial charge is 0.468 e. The van der Waals surface area contributed by atoms with Crippen LogP contribution in [0.25, 0.3) is 0 Å². The van der Waals surface area contributed by atoms with Crippen molar-refractivity contribution in [2.24, 2.45) is 29.6 Å². The molecule has 12 heteroatoms. The summed E-state index contributed by atoms with van der Waals surface area (Å²) in [5.41, 5.74) is 0.477. The minimum atomic E-state index is -1.66. The molecule has 3 aliphatic heterocycles. The van der Waals surface area contributed by atoms with Crippen LogP contribution in [0.3, 0.4) is 0 Å². The summed E-state index contributed by atoms with van der Waals surface area (Å²) in [5.74, 6) is -2.17. The van der Waals surface area contributed by atoms with Crippen LogP contribution in [0.5, 0.6) is 0 Å². The highest BCUT2D eigenvalue weighted by Crippen LogP contribution is 2.45. The number of hydrogen-bond acceptors (Lipinski definition) is 12. The molecule has 12 nitrogen and oxygen atoms in total. The zero-order valence-electron chi connectivity index (χ0n) is 21.7. The molecule has 1 saturated carbocycles. The number of fused-ring (bicyclic) bond motifs is 3. The lowest BCUT2D eigenvalue weighted by atomic mass is 9.83. The van der Waals surface area contributed by atoms with E-state index in [0.29, 0.717) is 12.0 Å². The molecule has 0 radical (unpaired) electrons. The number of rotatable bonds is 5. The van der Waals surface area contributed by atoms with E-state index in [1.165, 1.54) is 0 Å². The monoisotopic (exact) mass is 542 g/mol. The lowest BCUT2D eigenvalue weighted by molar-refractivity contribution is -0.327. The highest BCUT2D eigenvalue weighted by Gasteiger charge is 2.49. The molecule has 5 N–H and O–H groups in total. The van der Waals surface area contributed by atoms with Crippen LogP contribution >= 0.6 is 0 Å². The molecule has 0 aromatic rings. The first-order chi connectivity index (χ1) is 18.1. The van der Waals surface area contributed by atoms with E-state index in [2.05, 4.69) is 0 Å². The minimum Gasteiger partial charge on any atom is -0.468 e. The minimum absolute atomic E-state index is 0.0230. The van der Waals surface area contributed by atoms with Crippen molar-refractivity contribution in [1.82, 2.24) is 0 Å². The molecule has 2 bridgehead atoms. The van der Waals surface area contributed by atoms with Crippen molar-refractivity contribution in [3.8, 4) is 0 Å². The van der Waals surface area contributed by atoms with Gasteiger partial charge in [-0.1, -0.05) is 19.9 Å². The normalized spacial score (nSPS) is 43.7. The van der Waals surface area contributed by atoms with Crippen LogP contribution in [0, 0.1) is 29.6 Å². The SMILES string of the molecule is C/C=C1/[C@H](O[C@@H]2O[C@H](CO)[C@@H](O)[C@H](O)[C@H]2O)OC=C2C(=O)O[C@@H]3C[C@@H](C(C)CO)[C@H](COC(=O)C[C@@H]21)[C@H]3C. The Morgan fingerprint density at radius 2 is 1.89 bits per heavy atom. The van der Waals surface area contributed by atoms with Gasteiger partial charge in [-0.05, 0) is 31.1 Å². The van der Waals surface area contributed by atoms with Crippen molar-refractivity contribution in [1.29, 1.82) is 0 Å². The lowest BCUT2D eigenvalue weighted by Crippen LogP contribution is -2.60. The second kappa shape index (κ2) is 12.0. The Morgan fingerprint density at radius 1 is 1.16 bits per heavy atom. The molecule has 214 valence electrons. The first-order valence-corrected chi connectivity index (χ1v) is 13.1. The summed E-state index contributed by atoms with van der Waals surface area (Å²) < 4.78 is 28.4. The van der Waals surface area contributed by atoms with Crippen LogP contribution in [-0.4, -0.2) is 100 Å². The molecule has 0 amide bonds. The average Bonchev–Trinajstić information content (AvgIpc) is 3.20. The maximum Gasteiger partial charge on any atom is 0.338 e. The first-order valence-electron chi connectivity index (χ1n) is 13.1. The number of cyclic esters (lactones) is 1. The standard InChI is InChI=1S/C26H38O12/c1-4-13-15-6-20(29)34-9-16-12(3)18(5-14(16)11(2)7-27)36-24(33)17(15)10-35-25(13)38-26-23(32)22(31)21(30)19(8-28)37-26/h4,10-12,14-16,18-19,21-23,25-28,30-32H,5-9H2,1-3H3/b13-4+/t11?,12-,14+,15-,16-,18-,19-,21-,22+,23-,25+,26+/m1/s1. The molecule has 12 atom stereocenters. The highest BCUT2D eigenvalue weighted by molar-refractivity contribution is 5.91. The smallest absolute Gasteiger partial charge is 0.338 e. The van der Waals surface area contributed by atoms with Gasteiger partial charge in [-0.3, -0.25) is 4.79 Å². The van der Waals surface area contributed by atoms with Crippen molar-refractivity contribution >= 4 is 11.9 Å². The third-order valence-electron chi connectivity index (χ3n) is 8.44. The third kappa shape index (κ3) is 5.48. The number of aliphatic hydroxyl groups is 5. The summed E-state index contributed by atoms with van der Waals surface area (Å²) in [6.45, 7) is 5.02. The fourth-order valence-electron chi connectivity index (χ4n) is 5.97. The average molecular weight is 543 g/mol. The Bertz CT molecular complexity index is 931. The summed E-state index contributed by atoms with van der Waals surface area (Å²) in [6.07, 6.45) is -6.07. The molecule has 3 heterocycles. The topological polar surface area (TPSA) is 181 Å². The van der Waals surface area contributed by atoms with Crippen molar-refractivity contribution < 1.29 is 58.8 Å². The second-order valence-electron chi connectivity index (χ2n) is 10.6. The van der Waals surface area contributed by atoms with Gasteiger partial charge in [-0.25, -0.2) is 4.79 Å². The molecule has 3 fully saturated rings. The van der Waals surface area contributed by atoms with Gasteiger partial charge in [-0.2, -0.15) is 0 Å². The fourth-order valence-corrected chi connectivity index (χ4v) is 5.97. The molecule has 38 heavy (non-hydrogen) atoms. The van der Waals surface area contributed by atoms with Crippen molar-refractivity contribution in [3.63, 3.8) is 0 Å². The molecular formula is C26H38O12. The summed E-state index contributed by atoms with van der Waals surface area (Å²) in [6, 6.07) is 0. The van der Waals surface area contributed by atoms with Crippen LogP contribution in [0.15, 0.2) is 23.5 Å². The van der Waals surface area contributed by atoms with Gasteiger partial charge in [0, 0.05) is 24.0 Å². The zero-order valence-corrected chi connectivity index (χ0v) is 21.7.